The Morgan fingerprint density at radius 2 is 1.79 bits per heavy atom. The van der Waals surface area contributed by atoms with E-state index in [-0.39, 0.29) is 24.0 Å². The van der Waals surface area contributed by atoms with Crippen LogP contribution in [0, 0.1) is 13.8 Å². The zero-order chi connectivity index (χ0) is 19.9. The van der Waals surface area contributed by atoms with Crippen LogP contribution in [0.1, 0.15) is 11.1 Å². The molecule has 1 amide bonds. The number of hydrogen-bond donors (Lipinski definition) is 4. The van der Waals surface area contributed by atoms with Gasteiger partial charge in [-0.25, -0.2) is 9.97 Å². The standard InChI is InChI=1S/C20H22N6O2/c1-13-7-6-10-16(14(13)2)24-19-18(21)20(23-12-22-19)26-25-17(27)11-28-15-8-4-3-5-9-15/h3-10,12H,11,21H2,1-2H3,(H,25,27)(H2,22,23,24,26). The van der Waals surface area contributed by atoms with Crippen LogP contribution in [-0.4, -0.2) is 22.5 Å². The Labute approximate surface area is 163 Å². The first kappa shape index (κ1) is 19.0. The van der Waals surface area contributed by atoms with Gasteiger partial charge in [0, 0.05) is 5.69 Å². The molecule has 1 heterocycles. The van der Waals surface area contributed by atoms with Crippen LogP contribution in [0.2, 0.25) is 0 Å². The molecule has 5 N–H and O–H groups in total. The van der Waals surface area contributed by atoms with Crippen LogP contribution in [0.5, 0.6) is 5.75 Å². The third kappa shape index (κ3) is 4.67. The van der Waals surface area contributed by atoms with Crippen molar-refractivity contribution in [2.24, 2.45) is 0 Å². The predicted octanol–water partition coefficient (Wildman–Crippen LogP) is 2.94. The van der Waals surface area contributed by atoms with Crippen LogP contribution in [0.15, 0.2) is 54.9 Å². The fraction of sp³-hybridized carbons (Fsp3) is 0.150. The summed E-state index contributed by atoms with van der Waals surface area (Å²) in [6, 6.07) is 15.0. The highest BCUT2D eigenvalue weighted by molar-refractivity contribution is 5.82. The second kappa shape index (κ2) is 8.72. The first-order valence-corrected chi connectivity index (χ1v) is 8.71. The normalized spacial score (nSPS) is 10.2. The van der Waals surface area contributed by atoms with E-state index in [1.165, 1.54) is 6.33 Å². The fourth-order valence-corrected chi connectivity index (χ4v) is 2.44. The van der Waals surface area contributed by atoms with Gasteiger partial charge < -0.3 is 15.8 Å². The molecule has 0 saturated carbocycles. The Bertz CT molecular complexity index is 962. The van der Waals surface area contributed by atoms with Gasteiger partial charge >= 0.3 is 0 Å². The van der Waals surface area contributed by atoms with Crippen molar-refractivity contribution in [2.75, 3.05) is 23.1 Å². The first-order chi connectivity index (χ1) is 13.5. The molecule has 2 aromatic carbocycles. The minimum atomic E-state index is -0.370. The van der Waals surface area contributed by atoms with Crippen LogP contribution in [0.4, 0.5) is 23.0 Å². The van der Waals surface area contributed by atoms with Gasteiger partial charge in [0.25, 0.3) is 5.91 Å². The van der Waals surface area contributed by atoms with Gasteiger partial charge in [-0.15, -0.1) is 0 Å². The molecule has 8 heteroatoms. The molecule has 0 atom stereocenters. The Balaban J connectivity index is 1.61. The van der Waals surface area contributed by atoms with Gasteiger partial charge in [0.15, 0.2) is 18.2 Å². The van der Waals surface area contributed by atoms with Crippen LogP contribution in [-0.2, 0) is 4.79 Å². The van der Waals surface area contributed by atoms with E-state index in [2.05, 4.69) is 26.1 Å². The van der Waals surface area contributed by atoms with Crippen LogP contribution < -0.4 is 26.6 Å². The number of hydrogen-bond acceptors (Lipinski definition) is 7. The Hall–Kier alpha value is -3.81. The second-order valence-corrected chi connectivity index (χ2v) is 6.13. The maximum atomic E-state index is 12.0. The molecular formula is C20H22N6O2. The van der Waals surface area contributed by atoms with E-state index in [9.17, 15) is 4.79 Å². The minimum Gasteiger partial charge on any atom is -0.484 e. The molecule has 0 radical (unpaired) electrons. The van der Waals surface area contributed by atoms with Gasteiger partial charge in [-0.2, -0.15) is 0 Å². The van der Waals surface area contributed by atoms with Gasteiger partial charge in [-0.3, -0.25) is 15.6 Å². The average Bonchev–Trinajstić information content (AvgIpc) is 2.71. The molecule has 1 aromatic heterocycles. The molecule has 28 heavy (non-hydrogen) atoms. The van der Waals surface area contributed by atoms with Crippen LogP contribution >= 0.6 is 0 Å². The van der Waals surface area contributed by atoms with Crippen molar-refractivity contribution in [3.63, 3.8) is 0 Å². The van der Waals surface area contributed by atoms with Gasteiger partial charge in [-0.05, 0) is 43.2 Å². The summed E-state index contributed by atoms with van der Waals surface area (Å²) in [7, 11) is 0. The van der Waals surface area contributed by atoms with Gasteiger partial charge in [0.05, 0.1) is 0 Å². The predicted molar refractivity (Wildman–Crippen MR) is 109 cm³/mol. The highest BCUT2D eigenvalue weighted by atomic mass is 16.5. The molecule has 0 unspecified atom stereocenters. The summed E-state index contributed by atoms with van der Waals surface area (Å²) in [5.41, 5.74) is 14.8. The zero-order valence-electron chi connectivity index (χ0n) is 15.7. The molecule has 0 aliphatic heterocycles. The molecule has 144 valence electrons. The van der Waals surface area contributed by atoms with E-state index in [4.69, 9.17) is 10.5 Å². The maximum Gasteiger partial charge on any atom is 0.276 e. The van der Waals surface area contributed by atoms with Crippen LogP contribution in [0.3, 0.4) is 0 Å². The van der Waals surface area contributed by atoms with Gasteiger partial charge in [0.1, 0.15) is 17.8 Å². The molecule has 0 aliphatic rings. The number of nitrogen functional groups attached to an aromatic ring is 1. The lowest BCUT2D eigenvalue weighted by atomic mass is 10.1. The molecule has 0 bridgehead atoms. The number of ether oxygens (including phenoxy) is 1. The van der Waals surface area contributed by atoms with E-state index >= 15 is 0 Å². The third-order valence-electron chi connectivity index (χ3n) is 4.18. The van der Waals surface area contributed by atoms with Crippen molar-refractivity contribution in [3.05, 3.63) is 66.0 Å². The summed E-state index contributed by atoms with van der Waals surface area (Å²) in [6.45, 7) is 3.90. The number of aromatic nitrogens is 2. The van der Waals surface area contributed by atoms with Gasteiger partial charge in [0.2, 0.25) is 0 Å². The van der Waals surface area contributed by atoms with E-state index in [0.717, 1.165) is 16.8 Å². The molecule has 0 aliphatic carbocycles. The van der Waals surface area contributed by atoms with Crippen molar-refractivity contribution in [3.8, 4) is 5.75 Å². The SMILES string of the molecule is Cc1cccc(Nc2ncnc(NNC(=O)COc3ccccc3)c2N)c1C. The number of anilines is 4. The Morgan fingerprint density at radius 3 is 2.57 bits per heavy atom. The van der Waals surface area contributed by atoms with E-state index < -0.39 is 0 Å². The topological polar surface area (TPSA) is 114 Å². The molecule has 8 nitrogen and oxygen atoms in total. The molecule has 3 rings (SSSR count). The maximum absolute atomic E-state index is 12.0. The highest BCUT2D eigenvalue weighted by Gasteiger charge is 2.11. The number of hydrazine groups is 1. The second-order valence-electron chi connectivity index (χ2n) is 6.13. The molecule has 0 fully saturated rings. The van der Waals surface area contributed by atoms with E-state index in [0.29, 0.717) is 11.6 Å². The summed E-state index contributed by atoms with van der Waals surface area (Å²) >= 11 is 0. The lowest BCUT2D eigenvalue weighted by Gasteiger charge is -2.15. The smallest absolute Gasteiger partial charge is 0.276 e. The number of carbonyl (C=O) groups is 1. The zero-order valence-corrected chi connectivity index (χ0v) is 15.7. The summed E-state index contributed by atoms with van der Waals surface area (Å²) in [6.07, 6.45) is 1.36. The number of nitrogens with two attached hydrogens (primary N) is 1. The van der Waals surface area contributed by atoms with Crippen LogP contribution in [0.25, 0.3) is 0 Å². The number of benzene rings is 2. The number of rotatable bonds is 7. The van der Waals surface area contributed by atoms with Crippen molar-refractivity contribution < 1.29 is 9.53 Å². The Kier molecular flexibility index (Phi) is 5.91. The van der Waals surface area contributed by atoms with Crippen molar-refractivity contribution in [1.29, 1.82) is 0 Å². The average molecular weight is 378 g/mol. The fourth-order valence-electron chi connectivity index (χ4n) is 2.44. The number of amides is 1. The van der Waals surface area contributed by atoms with Gasteiger partial charge in [-0.1, -0.05) is 30.3 Å². The monoisotopic (exact) mass is 378 g/mol. The number of nitrogens with one attached hydrogen (secondary N) is 3. The Morgan fingerprint density at radius 1 is 1.04 bits per heavy atom. The molecule has 0 spiro atoms. The highest BCUT2D eigenvalue weighted by Crippen LogP contribution is 2.27. The lowest BCUT2D eigenvalue weighted by molar-refractivity contribution is -0.122. The quantitative estimate of drug-likeness (QED) is 0.467. The number of carbonyl (C=O) groups excluding carboxylic acids is 1. The summed E-state index contributed by atoms with van der Waals surface area (Å²) < 4.78 is 5.39. The number of nitrogens with zero attached hydrogens (tertiary/aromatic N) is 2. The number of para-hydroxylation sites is 1. The first-order valence-electron chi connectivity index (χ1n) is 8.71. The van der Waals surface area contributed by atoms with Crippen molar-refractivity contribution in [2.45, 2.75) is 13.8 Å². The summed E-state index contributed by atoms with van der Waals surface area (Å²) in [4.78, 5) is 20.2. The largest absolute Gasteiger partial charge is 0.484 e. The van der Waals surface area contributed by atoms with E-state index in [1.54, 1.807) is 12.1 Å². The molecule has 0 saturated heterocycles. The van der Waals surface area contributed by atoms with E-state index in [1.807, 2.05) is 50.2 Å². The summed E-state index contributed by atoms with van der Waals surface area (Å²) in [5, 5.41) is 3.20. The number of aryl methyl sites for hydroxylation is 1. The lowest BCUT2D eigenvalue weighted by Crippen LogP contribution is -2.34. The minimum absolute atomic E-state index is 0.143. The molecular weight excluding hydrogens is 356 g/mol. The van der Waals surface area contributed by atoms with Crippen molar-refractivity contribution in [1.82, 2.24) is 15.4 Å². The summed E-state index contributed by atoms with van der Waals surface area (Å²) in [5.74, 6) is 0.974. The van der Waals surface area contributed by atoms with Crippen molar-refractivity contribution >= 4 is 28.9 Å². The molecule has 3 aromatic rings. The third-order valence-corrected chi connectivity index (χ3v) is 4.18.